The van der Waals surface area contributed by atoms with Gasteiger partial charge in [0.15, 0.2) is 5.13 Å². The molecule has 0 atom stereocenters. The van der Waals surface area contributed by atoms with Crippen LogP contribution in [0.5, 0.6) is 0 Å². The SMILES string of the molecule is Cc1cc(C)c(-c2csc(NC(=O)Cc3c(F)cccc3Cl)n2)c(C)c1. The van der Waals surface area contributed by atoms with Gasteiger partial charge in [-0.05, 0) is 44.0 Å². The lowest BCUT2D eigenvalue weighted by Gasteiger charge is -2.09. The number of hydrogen-bond donors (Lipinski definition) is 1. The molecule has 0 fully saturated rings. The van der Waals surface area contributed by atoms with Crippen molar-refractivity contribution in [3.8, 4) is 11.3 Å². The number of rotatable bonds is 4. The third-order valence-corrected chi connectivity index (χ3v) is 5.19. The van der Waals surface area contributed by atoms with Gasteiger partial charge in [0.05, 0.1) is 12.1 Å². The average molecular weight is 389 g/mol. The van der Waals surface area contributed by atoms with Gasteiger partial charge in [-0.3, -0.25) is 4.79 Å². The Morgan fingerprint density at radius 3 is 2.58 bits per heavy atom. The van der Waals surface area contributed by atoms with Gasteiger partial charge in [0.1, 0.15) is 5.82 Å². The number of carbonyl (C=O) groups excluding carboxylic acids is 1. The van der Waals surface area contributed by atoms with E-state index in [0.717, 1.165) is 22.4 Å². The topological polar surface area (TPSA) is 42.0 Å². The van der Waals surface area contributed by atoms with Crippen molar-refractivity contribution in [1.82, 2.24) is 4.98 Å². The molecule has 0 aliphatic rings. The monoisotopic (exact) mass is 388 g/mol. The predicted molar refractivity (Wildman–Crippen MR) is 106 cm³/mol. The van der Waals surface area contributed by atoms with Crippen molar-refractivity contribution < 1.29 is 9.18 Å². The first-order valence-electron chi connectivity index (χ1n) is 8.11. The summed E-state index contributed by atoms with van der Waals surface area (Å²) in [7, 11) is 0. The number of carbonyl (C=O) groups is 1. The van der Waals surface area contributed by atoms with E-state index in [4.69, 9.17) is 11.6 Å². The van der Waals surface area contributed by atoms with Gasteiger partial charge < -0.3 is 5.32 Å². The lowest BCUT2D eigenvalue weighted by atomic mass is 9.98. The van der Waals surface area contributed by atoms with Crippen LogP contribution in [-0.2, 0) is 11.2 Å². The molecular formula is C20H18ClFN2OS. The number of thiazole rings is 1. The van der Waals surface area contributed by atoms with Crippen molar-refractivity contribution in [3.63, 3.8) is 0 Å². The summed E-state index contributed by atoms with van der Waals surface area (Å²) < 4.78 is 13.8. The van der Waals surface area contributed by atoms with Crippen LogP contribution in [0.4, 0.5) is 9.52 Å². The molecule has 1 heterocycles. The summed E-state index contributed by atoms with van der Waals surface area (Å²) in [4.78, 5) is 16.8. The number of halogens is 2. The highest BCUT2D eigenvalue weighted by atomic mass is 35.5. The number of benzene rings is 2. The van der Waals surface area contributed by atoms with Crippen LogP contribution in [0, 0.1) is 26.6 Å². The Balaban J connectivity index is 1.78. The van der Waals surface area contributed by atoms with Crippen molar-refractivity contribution >= 4 is 34.0 Å². The first-order valence-corrected chi connectivity index (χ1v) is 9.37. The highest BCUT2D eigenvalue weighted by molar-refractivity contribution is 7.14. The summed E-state index contributed by atoms with van der Waals surface area (Å²) >= 11 is 7.32. The zero-order valence-corrected chi connectivity index (χ0v) is 16.3. The van der Waals surface area contributed by atoms with E-state index >= 15 is 0 Å². The lowest BCUT2D eigenvalue weighted by molar-refractivity contribution is -0.115. The molecule has 6 heteroatoms. The van der Waals surface area contributed by atoms with E-state index in [-0.39, 0.29) is 22.9 Å². The molecule has 134 valence electrons. The number of nitrogens with one attached hydrogen (secondary N) is 1. The molecule has 3 aromatic rings. The smallest absolute Gasteiger partial charge is 0.230 e. The van der Waals surface area contributed by atoms with E-state index in [0.29, 0.717) is 5.13 Å². The molecule has 0 unspecified atom stereocenters. The summed E-state index contributed by atoms with van der Waals surface area (Å²) in [6.45, 7) is 6.16. The molecule has 3 nitrogen and oxygen atoms in total. The van der Waals surface area contributed by atoms with Crippen LogP contribution >= 0.6 is 22.9 Å². The highest BCUT2D eigenvalue weighted by Crippen LogP contribution is 2.31. The van der Waals surface area contributed by atoms with Gasteiger partial charge in [0.25, 0.3) is 0 Å². The molecule has 1 N–H and O–H groups in total. The number of anilines is 1. The minimum Gasteiger partial charge on any atom is -0.302 e. The highest BCUT2D eigenvalue weighted by Gasteiger charge is 2.15. The molecule has 0 spiro atoms. The minimum absolute atomic E-state index is 0.136. The summed E-state index contributed by atoms with van der Waals surface area (Å²) in [6.07, 6.45) is -0.136. The molecule has 1 amide bonds. The quantitative estimate of drug-likeness (QED) is 0.622. The van der Waals surface area contributed by atoms with Crippen molar-refractivity contribution in [2.45, 2.75) is 27.2 Å². The van der Waals surface area contributed by atoms with Crippen molar-refractivity contribution in [1.29, 1.82) is 0 Å². The number of amides is 1. The third kappa shape index (κ3) is 3.94. The largest absolute Gasteiger partial charge is 0.302 e. The van der Waals surface area contributed by atoms with Crippen molar-refractivity contribution in [2.75, 3.05) is 5.32 Å². The molecule has 2 aromatic carbocycles. The minimum atomic E-state index is -0.488. The zero-order chi connectivity index (χ0) is 18.8. The fraction of sp³-hybridized carbons (Fsp3) is 0.200. The number of nitrogens with zero attached hydrogens (tertiary/aromatic N) is 1. The second kappa shape index (κ2) is 7.56. The van der Waals surface area contributed by atoms with Crippen LogP contribution < -0.4 is 5.32 Å². The van der Waals surface area contributed by atoms with Gasteiger partial charge >= 0.3 is 0 Å². The molecule has 0 saturated heterocycles. The summed E-state index contributed by atoms with van der Waals surface area (Å²) in [5, 5.41) is 5.37. The predicted octanol–water partition coefficient (Wildman–Crippen LogP) is 5.71. The Bertz CT molecular complexity index is 940. The van der Waals surface area contributed by atoms with E-state index in [9.17, 15) is 9.18 Å². The Morgan fingerprint density at radius 1 is 1.23 bits per heavy atom. The summed E-state index contributed by atoms with van der Waals surface area (Å²) in [5.41, 5.74) is 5.57. The molecular weight excluding hydrogens is 371 g/mol. The summed E-state index contributed by atoms with van der Waals surface area (Å²) in [6, 6.07) is 8.59. The normalized spacial score (nSPS) is 10.8. The molecule has 0 radical (unpaired) electrons. The van der Waals surface area contributed by atoms with Gasteiger partial charge in [-0.25, -0.2) is 9.37 Å². The van der Waals surface area contributed by atoms with Crippen molar-refractivity contribution in [2.24, 2.45) is 0 Å². The fourth-order valence-electron chi connectivity index (χ4n) is 3.06. The first kappa shape index (κ1) is 18.5. The summed E-state index contributed by atoms with van der Waals surface area (Å²) in [5.74, 6) is -0.839. The van der Waals surface area contributed by atoms with E-state index in [1.807, 2.05) is 19.2 Å². The maximum Gasteiger partial charge on any atom is 0.230 e. The Hall–Kier alpha value is -2.24. The Kier molecular flexibility index (Phi) is 5.39. The lowest BCUT2D eigenvalue weighted by Crippen LogP contribution is -2.15. The first-order chi connectivity index (χ1) is 12.3. The molecule has 0 bridgehead atoms. The zero-order valence-electron chi connectivity index (χ0n) is 14.7. The van der Waals surface area contributed by atoms with Crippen molar-refractivity contribution in [3.05, 3.63) is 68.8 Å². The average Bonchev–Trinajstić information content (AvgIpc) is 2.98. The molecule has 0 aliphatic heterocycles. The van der Waals surface area contributed by atoms with Gasteiger partial charge in [-0.2, -0.15) is 0 Å². The van der Waals surface area contributed by atoms with Crippen LogP contribution in [0.1, 0.15) is 22.3 Å². The van der Waals surface area contributed by atoms with E-state index in [1.54, 1.807) is 6.07 Å². The van der Waals surface area contributed by atoms with E-state index in [1.165, 1.54) is 29.0 Å². The molecule has 0 aliphatic carbocycles. The second-order valence-electron chi connectivity index (χ2n) is 6.24. The van der Waals surface area contributed by atoms with Crippen LogP contribution in [0.25, 0.3) is 11.3 Å². The number of aromatic nitrogens is 1. The Morgan fingerprint density at radius 2 is 1.92 bits per heavy atom. The Labute approximate surface area is 160 Å². The molecule has 1 aromatic heterocycles. The maximum absolute atomic E-state index is 13.8. The second-order valence-corrected chi connectivity index (χ2v) is 7.50. The molecule has 0 saturated carbocycles. The van der Waals surface area contributed by atoms with Crippen LogP contribution in [0.3, 0.4) is 0 Å². The standard InChI is InChI=1S/C20H18ClFN2OS/c1-11-7-12(2)19(13(3)8-11)17-10-26-20(23-17)24-18(25)9-14-15(21)5-4-6-16(14)22/h4-8,10H,9H2,1-3H3,(H,23,24,25). The van der Waals surface area contributed by atoms with E-state index < -0.39 is 5.82 Å². The maximum atomic E-state index is 13.8. The molecule has 26 heavy (non-hydrogen) atoms. The fourth-order valence-corrected chi connectivity index (χ4v) is 4.00. The van der Waals surface area contributed by atoms with E-state index in [2.05, 4.69) is 29.4 Å². The van der Waals surface area contributed by atoms with Gasteiger partial charge in [0, 0.05) is 21.5 Å². The van der Waals surface area contributed by atoms with Crippen LogP contribution in [0.15, 0.2) is 35.7 Å². The van der Waals surface area contributed by atoms with Crippen LogP contribution in [-0.4, -0.2) is 10.9 Å². The van der Waals surface area contributed by atoms with Crippen LogP contribution in [0.2, 0.25) is 5.02 Å². The van der Waals surface area contributed by atoms with Gasteiger partial charge in [-0.1, -0.05) is 35.4 Å². The number of aryl methyl sites for hydroxylation is 3. The third-order valence-electron chi connectivity index (χ3n) is 4.08. The number of hydrogen-bond acceptors (Lipinski definition) is 3. The van der Waals surface area contributed by atoms with Gasteiger partial charge in [0.2, 0.25) is 5.91 Å². The van der Waals surface area contributed by atoms with Gasteiger partial charge in [-0.15, -0.1) is 11.3 Å². The molecule has 3 rings (SSSR count).